The molecular formula is C22H19N3O2S. The number of carbonyl (C=O) groups excluding carboxylic acids is 2. The lowest BCUT2D eigenvalue weighted by Crippen LogP contribution is -2.44. The Hall–Kier alpha value is -3.12. The Morgan fingerprint density at radius 2 is 1.89 bits per heavy atom. The van der Waals surface area contributed by atoms with Crippen molar-refractivity contribution in [1.29, 1.82) is 0 Å². The number of fused-ring (bicyclic) bond motifs is 3. The van der Waals surface area contributed by atoms with Crippen molar-refractivity contribution in [2.75, 3.05) is 16.8 Å². The molecule has 3 aromatic rings. The number of para-hydroxylation sites is 2. The van der Waals surface area contributed by atoms with Crippen LogP contribution in [0.3, 0.4) is 0 Å². The monoisotopic (exact) mass is 389 g/mol. The van der Waals surface area contributed by atoms with Gasteiger partial charge in [-0.3, -0.25) is 9.59 Å². The number of thiophene rings is 1. The molecule has 0 unspecified atom stereocenters. The molecule has 0 saturated carbocycles. The highest BCUT2D eigenvalue weighted by molar-refractivity contribution is 7.13. The first-order valence-corrected chi connectivity index (χ1v) is 10.2. The van der Waals surface area contributed by atoms with E-state index in [0.717, 1.165) is 16.9 Å². The van der Waals surface area contributed by atoms with Crippen LogP contribution in [0.5, 0.6) is 0 Å². The van der Waals surface area contributed by atoms with Gasteiger partial charge in [-0.25, -0.2) is 0 Å². The number of anilines is 2. The first kappa shape index (κ1) is 17.0. The highest BCUT2D eigenvalue weighted by atomic mass is 32.1. The summed E-state index contributed by atoms with van der Waals surface area (Å²) in [5.41, 5.74) is 3.59. The van der Waals surface area contributed by atoms with Crippen LogP contribution in [0, 0.1) is 0 Å². The van der Waals surface area contributed by atoms with Gasteiger partial charge in [0.1, 0.15) is 6.04 Å². The average molecular weight is 389 g/mol. The Bertz CT molecular complexity index is 1030. The van der Waals surface area contributed by atoms with Gasteiger partial charge in [0.25, 0.3) is 5.91 Å². The van der Waals surface area contributed by atoms with Crippen LogP contribution in [0.4, 0.5) is 11.4 Å². The van der Waals surface area contributed by atoms with Crippen molar-refractivity contribution in [3.63, 3.8) is 0 Å². The molecule has 0 bridgehead atoms. The number of rotatable bonds is 3. The van der Waals surface area contributed by atoms with E-state index in [9.17, 15) is 9.59 Å². The first-order chi connectivity index (χ1) is 13.7. The fourth-order valence-electron chi connectivity index (χ4n) is 4.00. The third-order valence-electron chi connectivity index (χ3n) is 5.36. The molecule has 3 heterocycles. The Kier molecular flexibility index (Phi) is 4.13. The molecule has 2 N–H and O–H groups in total. The van der Waals surface area contributed by atoms with Gasteiger partial charge < -0.3 is 15.5 Å². The smallest absolute Gasteiger partial charge is 0.251 e. The van der Waals surface area contributed by atoms with Crippen LogP contribution >= 0.6 is 11.3 Å². The van der Waals surface area contributed by atoms with Crippen LogP contribution in [0.2, 0.25) is 0 Å². The summed E-state index contributed by atoms with van der Waals surface area (Å²) < 4.78 is 0. The summed E-state index contributed by atoms with van der Waals surface area (Å²) >= 11 is 1.68. The maximum atomic E-state index is 12.7. The van der Waals surface area contributed by atoms with Crippen molar-refractivity contribution < 1.29 is 9.59 Å². The van der Waals surface area contributed by atoms with E-state index < -0.39 is 0 Å². The van der Waals surface area contributed by atoms with E-state index in [4.69, 9.17) is 0 Å². The Morgan fingerprint density at radius 3 is 2.68 bits per heavy atom. The van der Waals surface area contributed by atoms with E-state index in [1.807, 2.05) is 60.0 Å². The molecule has 2 atom stereocenters. The van der Waals surface area contributed by atoms with Crippen molar-refractivity contribution in [3.8, 4) is 10.4 Å². The molecule has 6 heteroatoms. The number of amides is 2. The molecule has 2 amide bonds. The fourth-order valence-corrected chi connectivity index (χ4v) is 4.73. The topological polar surface area (TPSA) is 61.4 Å². The second-order valence-electron chi connectivity index (χ2n) is 7.14. The summed E-state index contributed by atoms with van der Waals surface area (Å²) in [6, 6.07) is 19.2. The molecular weight excluding hydrogens is 370 g/mol. The molecule has 1 aromatic heterocycles. The van der Waals surface area contributed by atoms with Gasteiger partial charge in [-0.2, -0.15) is 0 Å². The molecule has 28 heavy (non-hydrogen) atoms. The summed E-state index contributed by atoms with van der Waals surface area (Å²) in [5, 5.41) is 8.10. The minimum Gasteiger partial charge on any atom is -0.356 e. The molecule has 0 radical (unpaired) electrons. The number of hydrogen-bond acceptors (Lipinski definition) is 4. The van der Waals surface area contributed by atoms with E-state index in [0.29, 0.717) is 18.5 Å². The SMILES string of the molecule is O=C(N[C@@H]1C[C@@H]2C(=O)Nc3ccccc3N2C1)c1ccc(-c2cccs2)cc1. The van der Waals surface area contributed by atoms with Gasteiger partial charge in [-0.15, -0.1) is 11.3 Å². The standard InChI is InChI=1S/C22H19N3O2S/c26-21(15-9-7-14(8-10-15)20-6-3-11-28-20)23-16-12-19-22(27)24-17-4-1-2-5-18(17)25(19)13-16/h1-11,16,19H,12-13H2,(H,23,26)(H,24,27)/t16-,19-/m1/s1. The zero-order chi connectivity index (χ0) is 19.1. The summed E-state index contributed by atoms with van der Waals surface area (Å²) in [6.45, 7) is 0.633. The summed E-state index contributed by atoms with van der Waals surface area (Å²) in [4.78, 5) is 28.4. The molecule has 2 aliphatic heterocycles. The molecule has 2 aliphatic rings. The van der Waals surface area contributed by atoms with E-state index >= 15 is 0 Å². The Morgan fingerprint density at radius 1 is 1.07 bits per heavy atom. The van der Waals surface area contributed by atoms with Crippen LogP contribution in [-0.2, 0) is 4.79 Å². The number of hydrogen-bond donors (Lipinski definition) is 2. The second kappa shape index (κ2) is 6.80. The van der Waals surface area contributed by atoms with E-state index in [-0.39, 0.29) is 23.9 Å². The lowest BCUT2D eigenvalue weighted by atomic mass is 10.1. The third kappa shape index (κ3) is 2.96. The Balaban J connectivity index is 1.30. The zero-order valence-electron chi connectivity index (χ0n) is 15.1. The van der Waals surface area contributed by atoms with Gasteiger partial charge in [-0.05, 0) is 47.7 Å². The normalized spacial score (nSPS) is 20.3. The quantitative estimate of drug-likeness (QED) is 0.717. The zero-order valence-corrected chi connectivity index (χ0v) is 15.9. The maximum Gasteiger partial charge on any atom is 0.251 e. The molecule has 0 aliphatic carbocycles. The van der Waals surface area contributed by atoms with Crippen LogP contribution < -0.4 is 15.5 Å². The highest BCUT2D eigenvalue weighted by Crippen LogP contribution is 2.36. The van der Waals surface area contributed by atoms with Crippen molar-refractivity contribution in [2.45, 2.75) is 18.5 Å². The molecule has 140 valence electrons. The predicted octanol–water partition coefficient (Wildman–Crippen LogP) is 3.74. The van der Waals surface area contributed by atoms with Gasteiger partial charge in [0.2, 0.25) is 5.91 Å². The number of carbonyl (C=O) groups is 2. The average Bonchev–Trinajstić information content (AvgIpc) is 3.39. The van der Waals surface area contributed by atoms with Crippen LogP contribution in [0.1, 0.15) is 16.8 Å². The summed E-state index contributed by atoms with van der Waals surface area (Å²) in [6.07, 6.45) is 0.610. The fraction of sp³-hybridized carbons (Fsp3) is 0.182. The first-order valence-electron chi connectivity index (χ1n) is 9.30. The molecule has 5 nitrogen and oxygen atoms in total. The van der Waals surface area contributed by atoms with E-state index in [1.54, 1.807) is 11.3 Å². The number of benzene rings is 2. The minimum absolute atomic E-state index is 0.00394. The van der Waals surface area contributed by atoms with Gasteiger partial charge in [-0.1, -0.05) is 30.3 Å². The van der Waals surface area contributed by atoms with Crippen molar-refractivity contribution in [2.24, 2.45) is 0 Å². The maximum absolute atomic E-state index is 12.7. The van der Waals surface area contributed by atoms with E-state index in [2.05, 4.69) is 21.6 Å². The van der Waals surface area contributed by atoms with Gasteiger partial charge >= 0.3 is 0 Å². The molecule has 5 rings (SSSR count). The molecule has 2 aromatic carbocycles. The van der Waals surface area contributed by atoms with Gasteiger partial charge in [0.15, 0.2) is 0 Å². The van der Waals surface area contributed by atoms with Gasteiger partial charge in [0, 0.05) is 23.0 Å². The summed E-state index contributed by atoms with van der Waals surface area (Å²) in [7, 11) is 0. The number of nitrogens with one attached hydrogen (secondary N) is 2. The van der Waals surface area contributed by atoms with E-state index in [1.165, 1.54) is 4.88 Å². The van der Waals surface area contributed by atoms with Crippen LogP contribution in [0.15, 0.2) is 66.0 Å². The molecule has 1 saturated heterocycles. The number of nitrogens with zero attached hydrogens (tertiary/aromatic N) is 1. The predicted molar refractivity (Wildman–Crippen MR) is 112 cm³/mol. The second-order valence-corrected chi connectivity index (χ2v) is 8.08. The largest absolute Gasteiger partial charge is 0.356 e. The molecule has 0 spiro atoms. The summed E-state index contributed by atoms with van der Waals surface area (Å²) in [5.74, 6) is -0.105. The lowest BCUT2D eigenvalue weighted by Gasteiger charge is -2.32. The van der Waals surface area contributed by atoms with Crippen molar-refractivity contribution >= 4 is 34.5 Å². The third-order valence-corrected chi connectivity index (χ3v) is 6.28. The van der Waals surface area contributed by atoms with Crippen LogP contribution in [0.25, 0.3) is 10.4 Å². The lowest BCUT2D eigenvalue weighted by molar-refractivity contribution is -0.117. The highest BCUT2D eigenvalue weighted by Gasteiger charge is 2.41. The van der Waals surface area contributed by atoms with Gasteiger partial charge in [0.05, 0.1) is 11.4 Å². The van der Waals surface area contributed by atoms with Crippen molar-refractivity contribution in [1.82, 2.24) is 5.32 Å². The van der Waals surface area contributed by atoms with Crippen molar-refractivity contribution in [3.05, 3.63) is 71.6 Å². The Labute approximate surface area is 167 Å². The van der Waals surface area contributed by atoms with Crippen LogP contribution in [-0.4, -0.2) is 30.4 Å². The minimum atomic E-state index is -0.235. The molecule has 1 fully saturated rings.